The van der Waals surface area contributed by atoms with Crippen LogP contribution in [0.15, 0.2) is 36.4 Å². The summed E-state index contributed by atoms with van der Waals surface area (Å²) in [6.07, 6.45) is 7.06. The van der Waals surface area contributed by atoms with Gasteiger partial charge in [0.25, 0.3) is 5.79 Å². The maximum Gasteiger partial charge on any atom is 0.326 e. The van der Waals surface area contributed by atoms with Gasteiger partial charge in [-0.1, -0.05) is 42.5 Å². The van der Waals surface area contributed by atoms with Crippen molar-refractivity contribution in [3.8, 4) is 0 Å². The second kappa shape index (κ2) is 5.59. The summed E-state index contributed by atoms with van der Waals surface area (Å²) in [5.74, 6) is -1.93. The van der Waals surface area contributed by atoms with E-state index in [0.29, 0.717) is 12.8 Å². The summed E-state index contributed by atoms with van der Waals surface area (Å²) in [5, 5.41) is 0. The predicted molar refractivity (Wildman–Crippen MR) is 81.6 cm³/mol. The number of ether oxygens (including phenoxy) is 2. The third kappa shape index (κ3) is 2.65. The Bertz CT molecular complexity index is 577. The van der Waals surface area contributed by atoms with Gasteiger partial charge >= 0.3 is 11.9 Å². The van der Waals surface area contributed by atoms with E-state index in [-0.39, 0.29) is 6.42 Å². The van der Waals surface area contributed by atoms with Gasteiger partial charge in [-0.05, 0) is 31.7 Å². The van der Waals surface area contributed by atoms with E-state index in [1.807, 2.05) is 42.5 Å². The van der Waals surface area contributed by atoms with Crippen molar-refractivity contribution in [2.45, 2.75) is 44.8 Å². The molecule has 2 fully saturated rings. The lowest BCUT2D eigenvalue weighted by Crippen LogP contribution is -2.53. The van der Waals surface area contributed by atoms with Crippen LogP contribution in [0.25, 0.3) is 6.08 Å². The van der Waals surface area contributed by atoms with Crippen molar-refractivity contribution in [2.75, 3.05) is 0 Å². The normalized spacial score (nSPS) is 22.8. The zero-order valence-corrected chi connectivity index (χ0v) is 12.7. The molecule has 0 amide bonds. The van der Waals surface area contributed by atoms with Crippen molar-refractivity contribution in [1.82, 2.24) is 0 Å². The molecule has 116 valence electrons. The smallest absolute Gasteiger partial charge is 0.326 e. The minimum absolute atomic E-state index is 0.273. The van der Waals surface area contributed by atoms with Crippen LogP contribution < -0.4 is 0 Å². The molecule has 0 aromatic heterocycles. The molecule has 0 radical (unpaired) electrons. The van der Waals surface area contributed by atoms with Crippen molar-refractivity contribution in [2.24, 2.45) is 5.41 Å². The summed E-state index contributed by atoms with van der Waals surface area (Å²) in [4.78, 5) is 24.7. The first kappa shape index (κ1) is 14.8. The van der Waals surface area contributed by atoms with E-state index in [9.17, 15) is 9.59 Å². The topological polar surface area (TPSA) is 52.6 Å². The lowest BCUT2D eigenvalue weighted by atomic mass is 9.85. The quantitative estimate of drug-likeness (QED) is 0.633. The molecule has 1 saturated heterocycles. The zero-order chi connectivity index (χ0) is 15.6. The first-order valence-electron chi connectivity index (χ1n) is 7.73. The van der Waals surface area contributed by atoms with Crippen LogP contribution in [-0.4, -0.2) is 17.7 Å². The molecule has 1 spiro atoms. The maximum atomic E-state index is 12.4. The van der Waals surface area contributed by atoms with Crippen molar-refractivity contribution in [3.63, 3.8) is 0 Å². The summed E-state index contributed by atoms with van der Waals surface area (Å²) in [6.45, 7) is 1.59. The molecule has 0 N–H and O–H groups in total. The molecule has 1 aliphatic carbocycles. The first-order chi connectivity index (χ1) is 10.5. The van der Waals surface area contributed by atoms with Crippen LogP contribution in [0.3, 0.4) is 0 Å². The Morgan fingerprint density at radius 3 is 2.23 bits per heavy atom. The fourth-order valence-corrected chi connectivity index (χ4v) is 2.95. The molecule has 1 heterocycles. The van der Waals surface area contributed by atoms with E-state index in [0.717, 1.165) is 18.4 Å². The second-order valence-corrected chi connectivity index (χ2v) is 6.25. The van der Waals surface area contributed by atoms with Crippen LogP contribution in [0.4, 0.5) is 0 Å². The Morgan fingerprint density at radius 2 is 1.64 bits per heavy atom. The average molecular weight is 300 g/mol. The number of carbonyl (C=O) groups excluding carboxylic acids is 2. The molecule has 1 saturated carbocycles. The molecule has 22 heavy (non-hydrogen) atoms. The Balaban J connectivity index is 1.71. The van der Waals surface area contributed by atoms with Gasteiger partial charge in [0.05, 0.1) is 0 Å². The molecule has 4 nitrogen and oxygen atoms in total. The van der Waals surface area contributed by atoms with Gasteiger partial charge in [0, 0.05) is 12.8 Å². The van der Waals surface area contributed by atoms with Gasteiger partial charge in [0.1, 0.15) is 0 Å². The summed E-state index contributed by atoms with van der Waals surface area (Å²) < 4.78 is 11.0. The number of esters is 2. The van der Waals surface area contributed by atoms with Crippen molar-refractivity contribution in [1.29, 1.82) is 0 Å². The number of hydrogen-bond donors (Lipinski definition) is 0. The lowest BCUT2D eigenvalue weighted by molar-refractivity contribution is -0.258. The van der Waals surface area contributed by atoms with E-state index in [2.05, 4.69) is 0 Å². The third-order valence-corrected chi connectivity index (χ3v) is 4.46. The van der Waals surface area contributed by atoms with Gasteiger partial charge < -0.3 is 9.47 Å². The van der Waals surface area contributed by atoms with Crippen LogP contribution >= 0.6 is 0 Å². The number of carbonyl (C=O) groups is 2. The molecular weight excluding hydrogens is 280 g/mol. The van der Waals surface area contributed by atoms with Gasteiger partial charge in [-0.3, -0.25) is 9.59 Å². The average Bonchev–Trinajstić information content (AvgIpc) is 2.94. The standard InChI is InChI=1S/C18H20O4/c1-17(11-7-10-14-8-3-2-4-9-14)15(19)21-18(22-16(17)20)12-5-6-13-18/h2-4,7-10H,5-6,11-13H2,1H3. The minimum atomic E-state index is -1.25. The van der Waals surface area contributed by atoms with E-state index < -0.39 is 23.1 Å². The maximum absolute atomic E-state index is 12.4. The van der Waals surface area contributed by atoms with Crippen molar-refractivity contribution in [3.05, 3.63) is 42.0 Å². The third-order valence-electron chi connectivity index (χ3n) is 4.46. The predicted octanol–water partition coefficient (Wildman–Crippen LogP) is 3.47. The highest BCUT2D eigenvalue weighted by molar-refractivity contribution is 6.01. The Hall–Kier alpha value is -2.10. The van der Waals surface area contributed by atoms with Gasteiger partial charge in [-0.15, -0.1) is 0 Å². The first-order valence-corrected chi connectivity index (χ1v) is 7.73. The highest BCUT2D eigenvalue weighted by atomic mass is 16.7. The number of rotatable bonds is 3. The number of hydrogen-bond acceptors (Lipinski definition) is 4. The van der Waals surface area contributed by atoms with E-state index in [1.54, 1.807) is 6.92 Å². The fraction of sp³-hybridized carbons (Fsp3) is 0.444. The molecule has 0 atom stereocenters. The van der Waals surface area contributed by atoms with Crippen LogP contribution in [0.2, 0.25) is 0 Å². The molecule has 1 aromatic rings. The van der Waals surface area contributed by atoms with Gasteiger partial charge in [0.15, 0.2) is 5.41 Å². The van der Waals surface area contributed by atoms with Gasteiger partial charge in [0.2, 0.25) is 0 Å². The van der Waals surface area contributed by atoms with Crippen LogP contribution in [0, 0.1) is 5.41 Å². The highest BCUT2D eigenvalue weighted by Crippen LogP contribution is 2.43. The molecule has 0 bridgehead atoms. The molecule has 3 rings (SSSR count). The molecule has 4 heteroatoms. The Kier molecular flexibility index (Phi) is 3.77. The molecule has 1 aliphatic heterocycles. The van der Waals surface area contributed by atoms with Crippen LogP contribution in [0.1, 0.15) is 44.6 Å². The zero-order valence-electron chi connectivity index (χ0n) is 12.7. The fourth-order valence-electron chi connectivity index (χ4n) is 2.95. The largest absolute Gasteiger partial charge is 0.422 e. The minimum Gasteiger partial charge on any atom is -0.422 e. The highest BCUT2D eigenvalue weighted by Gasteiger charge is 2.56. The van der Waals surface area contributed by atoms with E-state index in [1.165, 1.54) is 0 Å². The molecule has 1 aromatic carbocycles. The Morgan fingerprint density at radius 1 is 1.05 bits per heavy atom. The van der Waals surface area contributed by atoms with Crippen molar-refractivity contribution >= 4 is 18.0 Å². The SMILES string of the molecule is CC1(CC=Cc2ccccc2)C(=O)OC2(CCCC2)OC1=O. The summed E-state index contributed by atoms with van der Waals surface area (Å²) in [6, 6.07) is 9.74. The van der Waals surface area contributed by atoms with Crippen molar-refractivity contribution < 1.29 is 19.1 Å². The van der Waals surface area contributed by atoms with Crippen LogP contribution in [-0.2, 0) is 19.1 Å². The summed E-state index contributed by atoms with van der Waals surface area (Å²) in [5.41, 5.74) is -0.227. The molecule has 2 aliphatic rings. The van der Waals surface area contributed by atoms with Gasteiger partial charge in [-0.25, -0.2) is 0 Å². The van der Waals surface area contributed by atoms with E-state index in [4.69, 9.17) is 9.47 Å². The van der Waals surface area contributed by atoms with Gasteiger partial charge in [-0.2, -0.15) is 0 Å². The summed E-state index contributed by atoms with van der Waals surface area (Å²) >= 11 is 0. The van der Waals surface area contributed by atoms with Crippen LogP contribution in [0.5, 0.6) is 0 Å². The Labute approximate surface area is 130 Å². The number of allylic oxidation sites excluding steroid dienone is 1. The molecule has 0 unspecified atom stereocenters. The lowest BCUT2D eigenvalue weighted by Gasteiger charge is -2.39. The second-order valence-electron chi connectivity index (χ2n) is 6.25. The summed E-state index contributed by atoms with van der Waals surface area (Å²) in [7, 11) is 0. The molecular formula is C18H20O4. The van der Waals surface area contributed by atoms with E-state index >= 15 is 0 Å². The number of benzene rings is 1. The monoisotopic (exact) mass is 300 g/mol.